The molecule has 0 aliphatic rings. The smallest absolute Gasteiger partial charge is 0.252 e. The highest BCUT2D eigenvalue weighted by Gasteiger charge is 2.12. The van der Waals surface area contributed by atoms with E-state index in [0.717, 1.165) is 30.1 Å². The Labute approximate surface area is 328 Å². The summed E-state index contributed by atoms with van der Waals surface area (Å²) in [4.78, 5) is 24.5. The first-order chi connectivity index (χ1) is 24.7. The molecular formula is C42H30Br3ClN4O. The van der Waals surface area contributed by atoms with Crippen molar-refractivity contribution in [2.75, 3.05) is 0 Å². The average Bonchev–Trinajstić information content (AvgIpc) is 3.17. The molecule has 1 aromatic heterocycles. The second-order valence-electron chi connectivity index (χ2n) is 10.6. The number of hydrogen-bond acceptors (Lipinski definition) is 5. The number of carbonyl (C=O) groups excluding carboxylic acids is 1. The summed E-state index contributed by atoms with van der Waals surface area (Å²) in [6.07, 6.45) is 0. The summed E-state index contributed by atoms with van der Waals surface area (Å²) in [5.74, 6) is 1.98. The van der Waals surface area contributed by atoms with E-state index in [4.69, 9.17) is 31.8 Å². The van der Waals surface area contributed by atoms with Crippen molar-refractivity contribution in [1.82, 2.24) is 15.0 Å². The molecule has 9 heteroatoms. The molecule has 0 saturated carbocycles. The summed E-state index contributed by atoms with van der Waals surface area (Å²) in [5, 5.41) is 7.96. The molecule has 0 radical (unpaired) electrons. The van der Waals surface area contributed by atoms with Crippen LogP contribution in [0.1, 0.15) is 21.5 Å². The Morgan fingerprint density at radius 2 is 0.843 bits per heavy atom. The van der Waals surface area contributed by atoms with Gasteiger partial charge in [0.25, 0.3) is 5.24 Å². The Morgan fingerprint density at radius 3 is 1.16 bits per heavy atom. The standard InChI is InChI=1S/C21H13Br2N3.C7H4BrN.C7H5ClO.C7H8/c22-17-10-6-15(7-11-17)20-24-19(14-4-2-1-3-5-14)25-21(26-20)16-8-12-18(23)13-9-16;8-7-3-1-6(5-9)2-4-7;8-7(9)6-4-2-1-3-5-6;1-7-5-3-2-4-6-7/h1-13H;1-4H;1-5H;2-6H,1H3. The average molecular weight is 882 g/mol. The maximum Gasteiger partial charge on any atom is 0.252 e. The second kappa shape index (κ2) is 20.8. The minimum absolute atomic E-state index is 0.407. The summed E-state index contributed by atoms with van der Waals surface area (Å²) in [5.41, 5.74) is 5.42. The van der Waals surface area contributed by atoms with Gasteiger partial charge < -0.3 is 0 Å². The van der Waals surface area contributed by atoms with Crippen molar-refractivity contribution in [3.05, 3.63) is 194 Å². The predicted molar refractivity (Wildman–Crippen MR) is 218 cm³/mol. The zero-order valence-corrected chi connectivity index (χ0v) is 32.8. The van der Waals surface area contributed by atoms with Crippen molar-refractivity contribution in [3.63, 3.8) is 0 Å². The van der Waals surface area contributed by atoms with E-state index >= 15 is 0 Å². The first kappa shape index (κ1) is 39.0. The van der Waals surface area contributed by atoms with E-state index in [1.807, 2.05) is 121 Å². The molecule has 7 aromatic rings. The van der Waals surface area contributed by atoms with Gasteiger partial charge in [0.1, 0.15) is 0 Å². The Hall–Kier alpha value is -4.78. The van der Waals surface area contributed by atoms with Crippen molar-refractivity contribution in [2.45, 2.75) is 6.92 Å². The van der Waals surface area contributed by atoms with Crippen LogP contribution in [0.4, 0.5) is 0 Å². The molecule has 0 aliphatic heterocycles. The number of benzene rings is 6. The SMILES string of the molecule is Brc1ccc(-c2nc(-c3ccccc3)nc(-c3ccc(Br)cc3)n2)cc1.Cc1ccccc1.N#Cc1ccc(Br)cc1.O=C(Cl)c1ccccc1. The highest BCUT2D eigenvalue weighted by Crippen LogP contribution is 2.26. The van der Waals surface area contributed by atoms with Gasteiger partial charge in [-0.2, -0.15) is 5.26 Å². The first-order valence-corrected chi connectivity index (χ1v) is 18.2. The second-order valence-corrected chi connectivity index (χ2v) is 13.7. The van der Waals surface area contributed by atoms with E-state index in [9.17, 15) is 4.79 Å². The summed E-state index contributed by atoms with van der Waals surface area (Å²) in [7, 11) is 0. The Balaban J connectivity index is 0.000000189. The molecule has 0 aliphatic carbocycles. The third kappa shape index (κ3) is 13.5. The van der Waals surface area contributed by atoms with E-state index < -0.39 is 5.24 Å². The van der Waals surface area contributed by atoms with Gasteiger partial charge >= 0.3 is 0 Å². The molecule has 0 amide bonds. The van der Waals surface area contributed by atoms with E-state index in [0.29, 0.717) is 28.6 Å². The number of carbonyl (C=O) groups is 1. The van der Waals surface area contributed by atoms with Gasteiger partial charge in [0.2, 0.25) is 0 Å². The number of aryl methyl sites for hydroxylation is 1. The van der Waals surface area contributed by atoms with Crippen LogP contribution >= 0.6 is 59.4 Å². The molecule has 1 heterocycles. The molecule has 0 atom stereocenters. The number of nitriles is 1. The fourth-order valence-electron chi connectivity index (χ4n) is 4.18. The minimum Gasteiger partial charge on any atom is -0.276 e. The molecule has 0 spiro atoms. The van der Waals surface area contributed by atoms with Crippen LogP contribution in [-0.4, -0.2) is 20.2 Å². The molecular weight excluding hydrogens is 852 g/mol. The monoisotopic (exact) mass is 878 g/mol. The first-order valence-electron chi connectivity index (χ1n) is 15.5. The zero-order chi connectivity index (χ0) is 36.4. The van der Waals surface area contributed by atoms with Crippen LogP contribution in [0.5, 0.6) is 0 Å². The van der Waals surface area contributed by atoms with Crippen LogP contribution in [0, 0.1) is 18.3 Å². The molecule has 0 bridgehead atoms. The van der Waals surface area contributed by atoms with Crippen molar-refractivity contribution < 1.29 is 4.79 Å². The van der Waals surface area contributed by atoms with Crippen LogP contribution in [0.2, 0.25) is 0 Å². The lowest BCUT2D eigenvalue weighted by Gasteiger charge is -2.08. The fraction of sp³-hybridized carbons (Fsp3) is 0.0238. The maximum atomic E-state index is 10.4. The molecule has 6 aromatic carbocycles. The van der Waals surface area contributed by atoms with Gasteiger partial charge in [0.05, 0.1) is 11.6 Å². The lowest BCUT2D eigenvalue weighted by Crippen LogP contribution is -2.00. The van der Waals surface area contributed by atoms with Gasteiger partial charge in [-0.05, 0) is 67.1 Å². The van der Waals surface area contributed by atoms with Crippen molar-refractivity contribution in [3.8, 4) is 40.2 Å². The number of rotatable bonds is 4. The molecule has 7 rings (SSSR count). The van der Waals surface area contributed by atoms with E-state index in [1.165, 1.54) is 5.56 Å². The molecule has 0 fully saturated rings. The van der Waals surface area contributed by atoms with Crippen LogP contribution in [0.25, 0.3) is 34.2 Å². The topological polar surface area (TPSA) is 79.5 Å². The third-order valence-corrected chi connectivity index (χ3v) is 8.59. The van der Waals surface area contributed by atoms with Crippen LogP contribution in [0.15, 0.2) is 177 Å². The summed E-state index contributed by atoms with van der Waals surface area (Å²) < 4.78 is 3.04. The number of hydrogen-bond donors (Lipinski definition) is 0. The zero-order valence-electron chi connectivity index (χ0n) is 27.3. The molecule has 51 heavy (non-hydrogen) atoms. The number of nitrogens with zero attached hydrogens (tertiary/aromatic N) is 4. The largest absolute Gasteiger partial charge is 0.276 e. The van der Waals surface area contributed by atoms with Gasteiger partial charge in [-0.3, -0.25) is 4.79 Å². The highest BCUT2D eigenvalue weighted by atomic mass is 79.9. The van der Waals surface area contributed by atoms with Gasteiger partial charge in [-0.1, -0.05) is 169 Å². The third-order valence-electron chi connectivity index (χ3n) is 6.79. The van der Waals surface area contributed by atoms with Crippen LogP contribution < -0.4 is 0 Å². The van der Waals surface area contributed by atoms with Gasteiger partial charge in [0.15, 0.2) is 17.5 Å². The van der Waals surface area contributed by atoms with Crippen molar-refractivity contribution in [2.24, 2.45) is 0 Å². The fourth-order valence-corrected chi connectivity index (χ4v) is 5.10. The number of aromatic nitrogens is 3. The lowest BCUT2D eigenvalue weighted by molar-refractivity contribution is 0.108. The van der Waals surface area contributed by atoms with Crippen LogP contribution in [0.3, 0.4) is 0 Å². The molecule has 5 nitrogen and oxygen atoms in total. The summed E-state index contributed by atoms with van der Waals surface area (Å²) in [6.45, 7) is 2.08. The van der Waals surface area contributed by atoms with Gasteiger partial charge in [0, 0.05) is 35.7 Å². The summed E-state index contributed by atoms with van der Waals surface area (Å²) >= 11 is 15.4. The number of halogens is 4. The van der Waals surface area contributed by atoms with Gasteiger partial charge in [-0.15, -0.1) is 0 Å². The van der Waals surface area contributed by atoms with E-state index in [2.05, 4.69) is 66.8 Å². The predicted octanol–water partition coefficient (Wildman–Crippen LogP) is 12.8. The molecule has 0 saturated heterocycles. The Bertz CT molecular complexity index is 2080. The van der Waals surface area contributed by atoms with E-state index in [1.54, 1.807) is 36.4 Å². The van der Waals surface area contributed by atoms with Crippen molar-refractivity contribution >= 4 is 64.6 Å². The molecule has 0 unspecified atom stereocenters. The van der Waals surface area contributed by atoms with Crippen molar-refractivity contribution in [1.29, 1.82) is 5.26 Å². The highest BCUT2D eigenvalue weighted by molar-refractivity contribution is 9.11. The quantitative estimate of drug-likeness (QED) is 0.165. The molecule has 0 N–H and O–H groups in total. The normalized spacial score (nSPS) is 9.73. The Kier molecular flexibility index (Phi) is 15.9. The lowest BCUT2D eigenvalue weighted by atomic mass is 10.1. The Morgan fingerprint density at radius 1 is 0.510 bits per heavy atom. The van der Waals surface area contributed by atoms with E-state index in [-0.39, 0.29) is 0 Å². The minimum atomic E-state index is -0.407. The maximum absolute atomic E-state index is 10.4. The summed E-state index contributed by atoms with van der Waals surface area (Å²) in [6, 6.07) is 54.2. The molecule has 252 valence electrons. The van der Waals surface area contributed by atoms with Crippen LogP contribution in [-0.2, 0) is 0 Å². The van der Waals surface area contributed by atoms with Gasteiger partial charge in [-0.25, -0.2) is 15.0 Å².